The summed E-state index contributed by atoms with van der Waals surface area (Å²) >= 11 is 2.77. The normalized spacial score (nSPS) is 15.7. The fourth-order valence-electron chi connectivity index (χ4n) is 4.09. The predicted molar refractivity (Wildman–Crippen MR) is 134 cm³/mol. The maximum Gasteiger partial charge on any atom is 0.254 e. The zero-order chi connectivity index (χ0) is 23.7. The molecule has 5 rings (SSSR count). The van der Waals surface area contributed by atoms with Gasteiger partial charge in [-0.3, -0.25) is 9.59 Å². The van der Waals surface area contributed by atoms with Crippen molar-refractivity contribution in [3.05, 3.63) is 65.5 Å². The number of aryl methyl sites for hydroxylation is 1. The molecule has 8 nitrogen and oxygen atoms in total. The van der Waals surface area contributed by atoms with Gasteiger partial charge in [-0.05, 0) is 44.0 Å². The van der Waals surface area contributed by atoms with Gasteiger partial charge in [0.05, 0.1) is 22.0 Å². The summed E-state index contributed by atoms with van der Waals surface area (Å²) in [5, 5.41) is 12.8. The molecule has 1 saturated heterocycles. The Morgan fingerprint density at radius 3 is 2.74 bits per heavy atom. The summed E-state index contributed by atoms with van der Waals surface area (Å²) in [5.41, 5.74) is 2.67. The smallest absolute Gasteiger partial charge is 0.254 e. The van der Waals surface area contributed by atoms with E-state index in [9.17, 15) is 9.59 Å². The van der Waals surface area contributed by atoms with Crippen LogP contribution in [0, 0.1) is 6.92 Å². The molecule has 1 atom stereocenters. The number of benzene rings is 2. The number of para-hydroxylation sites is 1. The zero-order valence-electron chi connectivity index (χ0n) is 18.9. The maximum absolute atomic E-state index is 13.1. The van der Waals surface area contributed by atoms with Crippen molar-refractivity contribution in [1.29, 1.82) is 0 Å². The van der Waals surface area contributed by atoms with Crippen LogP contribution in [0.2, 0.25) is 0 Å². The summed E-state index contributed by atoms with van der Waals surface area (Å²) in [7, 11) is 1.88. The van der Waals surface area contributed by atoms with Gasteiger partial charge in [0.1, 0.15) is 0 Å². The largest absolute Gasteiger partial charge is 0.328 e. The van der Waals surface area contributed by atoms with Gasteiger partial charge in [-0.2, -0.15) is 0 Å². The number of hydrogen-bond donors (Lipinski definition) is 1. The number of nitrogens with zero attached hydrogens (tertiary/aromatic N) is 5. The summed E-state index contributed by atoms with van der Waals surface area (Å²) in [6, 6.07) is 15.3. The van der Waals surface area contributed by atoms with Crippen LogP contribution < -0.4 is 5.32 Å². The molecule has 3 heterocycles. The number of likely N-dealkylation sites (tertiary alicyclic amines) is 1. The van der Waals surface area contributed by atoms with Crippen molar-refractivity contribution < 1.29 is 9.59 Å². The van der Waals surface area contributed by atoms with Gasteiger partial charge >= 0.3 is 0 Å². The molecule has 34 heavy (non-hydrogen) atoms. The van der Waals surface area contributed by atoms with E-state index in [0.717, 1.165) is 34.4 Å². The first-order valence-corrected chi connectivity index (χ1v) is 12.8. The molecule has 1 unspecified atom stereocenters. The SMILES string of the molecule is Cc1ccc(C(=O)N2CCCC2c2nnc(SCC(=O)Nc3nc4ccccc4s3)n2C)cc1. The molecule has 0 aliphatic carbocycles. The highest BCUT2D eigenvalue weighted by Gasteiger charge is 2.34. The molecule has 2 amide bonds. The van der Waals surface area contributed by atoms with Crippen molar-refractivity contribution >= 4 is 50.3 Å². The van der Waals surface area contributed by atoms with Crippen molar-refractivity contribution in [2.24, 2.45) is 7.05 Å². The fraction of sp³-hybridized carbons (Fsp3) is 0.292. The maximum atomic E-state index is 13.1. The summed E-state index contributed by atoms with van der Waals surface area (Å²) in [6.07, 6.45) is 1.76. The van der Waals surface area contributed by atoms with Crippen LogP contribution in [0.4, 0.5) is 5.13 Å². The monoisotopic (exact) mass is 492 g/mol. The number of aromatic nitrogens is 4. The van der Waals surface area contributed by atoms with Crippen LogP contribution >= 0.6 is 23.1 Å². The van der Waals surface area contributed by atoms with E-state index in [1.807, 2.05) is 72.0 Å². The summed E-state index contributed by atoms with van der Waals surface area (Å²) in [6.45, 7) is 2.70. The van der Waals surface area contributed by atoms with Gasteiger partial charge in [-0.1, -0.05) is 52.9 Å². The van der Waals surface area contributed by atoms with Gasteiger partial charge in [0.25, 0.3) is 5.91 Å². The standard InChI is InChI=1S/C24H24N6O2S2/c1-15-9-11-16(12-10-15)22(32)30-13-5-7-18(30)21-27-28-24(29(21)2)33-14-20(31)26-23-25-17-6-3-4-8-19(17)34-23/h3-4,6,8-12,18H,5,7,13-14H2,1-2H3,(H,25,26,31). The minimum Gasteiger partial charge on any atom is -0.328 e. The Hall–Kier alpha value is -3.24. The Bertz CT molecular complexity index is 1310. The second kappa shape index (κ2) is 9.55. The molecular formula is C24H24N6O2S2. The van der Waals surface area contributed by atoms with Gasteiger partial charge in [0.15, 0.2) is 16.1 Å². The minimum absolute atomic E-state index is 0.00918. The van der Waals surface area contributed by atoms with Gasteiger partial charge < -0.3 is 14.8 Å². The van der Waals surface area contributed by atoms with Crippen LogP contribution in [0.1, 0.15) is 40.6 Å². The predicted octanol–water partition coefficient (Wildman–Crippen LogP) is 4.44. The van der Waals surface area contributed by atoms with Crippen molar-refractivity contribution in [2.45, 2.75) is 31.0 Å². The number of thiazole rings is 1. The number of hydrogen-bond acceptors (Lipinski definition) is 7. The lowest BCUT2D eigenvalue weighted by atomic mass is 10.1. The molecule has 0 bridgehead atoms. The number of amides is 2. The molecule has 1 aliphatic rings. The Morgan fingerprint density at radius 2 is 1.94 bits per heavy atom. The first-order chi connectivity index (χ1) is 16.5. The number of rotatable bonds is 6. The lowest BCUT2D eigenvalue weighted by Crippen LogP contribution is -2.31. The molecule has 0 saturated carbocycles. The van der Waals surface area contributed by atoms with E-state index in [-0.39, 0.29) is 23.6 Å². The Kier molecular flexibility index (Phi) is 6.34. The molecule has 174 valence electrons. The van der Waals surface area contributed by atoms with E-state index in [1.165, 1.54) is 23.1 Å². The van der Waals surface area contributed by atoms with E-state index in [1.54, 1.807) is 0 Å². The zero-order valence-corrected chi connectivity index (χ0v) is 20.5. The lowest BCUT2D eigenvalue weighted by Gasteiger charge is -2.24. The molecule has 0 radical (unpaired) electrons. The average molecular weight is 493 g/mol. The van der Waals surface area contributed by atoms with Crippen LogP contribution in [-0.4, -0.2) is 48.8 Å². The number of thioether (sulfide) groups is 1. The Labute approximate surface area is 205 Å². The third kappa shape index (κ3) is 4.55. The highest BCUT2D eigenvalue weighted by Crippen LogP contribution is 2.33. The molecule has 10 heteroatoms. The Balaban J connectivity index is 1.24. The van der Waals surface area contributed by atoms with Crippen LogP contribution in [0.15, 0.2) is 53.7 Å². The van der Waals surface area contributed by atoms with Crippen LogP contribution in [0.5, 0.6) is 0 Å². The van der Waals surface area contributed by atoms with Crippen molar-refractivity contribution in [1.82, 2.24) is 24.6 Å². The second-order valence-electron chi connectivity index (χ2n) is 8.25. The third-order valence-corrected chi connectivity index (χ3v) is 7.82. The fourth-order valence-corrected chi connectivity index (χ4v) is 5.69. The van der Waals surface area contributed by atoms with Crippen LogP contribution in [-0.2, 0) is 11.8 Å². The number of nitrogens with one attached hydrogen (secondary N) is 1. The number of carbonyl (C=O) groups is 2. The lowest BCUT2D eigenvalue weighted by molar-refractivity contribution is -0.113. The highest BCUT2D eigenvalue weighted by atomic mass is 32.2. The summed E-state index contributed by atoms with van der Waals surface area (Å²) < 4.78 is 2.92. The first-order valence-electron chi connectivity index (χ1n) is 11.0. The second-order valence-corrected chi connectivity index (χ2v) is 10.2. The van der Waals surface area contributed by atoms with Crippen LogP contribution in [0.3, 0.4) is 0 Å². The van der Waals surface area contributed by atoms with Gasteiger partial charge in [0.2, 0.25) is 5.91 Å². The molecule has 2 aromatic carbocycles. The van der Waals surface area contributed by atoms with E-state index >= 15 is 0 Å². The molecule has 0 spiro atoms. The van der Waals surface area contributed by atoms with Crippen molar-refractivity contribution in [2.75, 3.05) is 17.6 Å². The highest BCUT2D eigenvalue weighted by molar-refractivity contribution is 7.99. The molecule has 1 aliphatic heterocycles. The molecule has 4 aromatic rings. The van der Waals surface area contributed by atoms with Crippen LogP contribution in [0.25, 0.3) is 10.2 Å². The van der Waals surface area contributed by atoms with Gasteiger partial charge in [-0.25, -0.2) is 4.98 Å². The first kappa shape index (κ1) is 22.5. The van der Waals surface area contributed by atoms with Gasteiger partial charge in [0, 0.05) is 19.2 Å². The molecule has 1 N–H and O–H groups in total. The van der Waals surface area contributed by atoms with Crippen molar-refractivity contribution in [3.8, 4) is 0 Å². The Morgan fingerprint density at radius 1 is 1.15 bits per heavy atom. The number of anilines is 1. The van der Waals surface area contributed by atoms with Crippen molar-refractivity contribution in [3.63, 3.8) is 0 Å². The van der Waals surface area contributed by atoms with E-state index < -0.39 is 0 Å². The quantitative estimate of drug-likeness (QED) is 0.400. The van der Waals surface area contributed by atoms with E-state index in [4.69, 9.17) is 0 Å². The van der Waals surface area contributed by atoms with E-state index in [2.05, 4.69) is 20.5 Å². The number of carbonyl (C=O) groups excluding carboxylic acids is 2. The third-order valence-electron chi connectivity index (χ3n) is 5.85. The summed E-state index contributed by atoms with van der Waals surface area (Å²) in [4.78, 5) is 31.9. The minimum atomic E-state index is -0.148. The molecular weight excluding hydrogens is 468 g/mol. The van der Waals surface area contributed by atoms with E-state index in [0.29, 0.717) is 22.4 Å². The topological polar surface area (TPSA) is 93.0 Å². The molecule has 1 fully saturated rings. The average Bonchev–Trinajstić information content (AvgIpc) is 3.55. The summed E-state index contributed by atoms with van der Waals surface area (Å²) in [5.74, 6) is 0.797. The molecule has 2 aromatic heterocycles. The number of fused-ring (bicyclic) bond motifs is 1. The van der Waals surface area contributed by atoms with Gasteiger partial charge in [-0.15, -0.1) is 10.2 Å².